The highest BCUT2D eigenvalue weighted by molar-refractivity contribution is 7.92. The Kier molecular flexibility index (Phi) is 9.70. The number of carbonyl (C=O) groups is 2. The molecule has 2 unspecified atom stereocenters. The molecule has 0 radical (unpaired) electrons. The Balaban J connectivity index is 1.40. The fourth-order valence-corrected chi connectivity index (χ4v) is 7.37. The lowest BCUT2D eigenvalue weighted by Crippen LogP contribution is -2.57. The van der Waals surface area contributed by atoms with Crippen LogP contribution >= 0.6 is 0 Å². The standard InChI is InChI=1S/C34H46N4O5S/c1-25-24-37(33(40)43-32-13-12-22-34(35-32)20-10-8-6-5-7-9-11-21-34)31-23-28(16-19-30(31)38(25)26(2)39)27-14-17-29(18-15-27)36(3)44(4,41)42/h8,10,14-19,23,25,32,35H,5-7,9,11-13,20-22,24H2,1-4H3/b10-8-/t25-,32?,34?/m0/s1. The predicted molar refractivity (Wildman–Crippen MR) is 177 cm³/mol. The number of nitrogens with one attached hydrogen (secondary N) is 1. The Labute approximate surface area is 262 Å². The number of anilines is 3. The maximum Gasteiger partial charge on any atom is 0.416 e. The first-order valence-corrected chi connectivity index (χ1v) is 17.7. The lowest BCUT2D eigenvalue weighted by atomic mass is 9.80. The molecule has 0 aromatic heterocycles. The van der Waals surface area contributed by atoms with Gasteiger partial charge in [0.15, 0.2) is 6.23 Å². The quantitative estimate of drug-likeness (QED) is 0.387. The van der Waals surface area contributed by atoms with Crippen LogP contribution in [0.3, 0.4) is 0 Å². The van der Waals surface area contributed by atoms with Gasteiger partial charge in [-0.05, 0) is 87.3 Å². The summed E-state index contributed by atoms with van der Waals surface area (Å²) in [5.41, 5.74) is 3.48. The Bertz CT molecular complexity index is 1490. The number of sulfonamides is 1. The van der Waals surface area contributed by atoms with Crippen LogP contribution in [0.15, 0.2) is 54.6 Å². The van der Waals surface area contributed by atoms with Crippen LogP contribution < -0.4 is 19.4 Å². The molecule has 5 rings (SSSR count). The van der Waals surface area contributed by atoms with Crippen molar-refractivity contribution >= 4 is 39.1 Å². The van der Waals surface area contributed by atoms with E-state index in [4.69, 9.17) is 4.74 Å². The van der Waals surface area contributed by atoms with Gasteiger partial charge >= 0.3 is 6.09 Å². The van der Waals surface area contributed by atoms with E-state index in [1.54, 1.807) is 21.9 Å². The summed E-state index contributed by atoms with van der Waals surface area (Å²) in [6.45, 7) is 3.79. The van der Waals surface area contributed by atoms with Crippen molar-refractivity contribution in [2.45, 2.75) is 95.9 Å². The molecule has 0 saturated carbocycles. The zero-order valence-electron chi connectivity index (χ0n) is 26.4. The van der Waals surface area contributed by atoms with Crippen molar-refractivity contribution in [2.75, 3.05) is 34.0 Å². The topological polar surface area (TPSA) is 99.3 Å². The van der Waals surface area contributed by atoms with Crippen molar-refractivity contribution in [3.63, 3.8) is 0 Å². The SMILES string of the molecule is CC(=O)N1c2ccc(-c3ccc(N(C)S(C)(=O)=O)cc3)cc2N(C(=O)OC2CCCC3(C/C=C\CCCCCC3)N2)C[C@@H]1C. The number of carbonyl (C=O) groups excluding carboxylic acids is 2. The Hall–Kier alpha value is -3.37. The number of rotatable bonds is 4. The van der Waals surface area contributed by atoms with Crippen molar-refractivity contribution in [3.05, 3.63) is 54.6 Å². The zero-order valence-corrected chi connectivity index (χ0v) is 27.2. The monoisotopic (exact) mass is 622 g/mol. The molecule has 3 atom stereocenters. The second-order valence-electron chi connectivity index (χ2n) is 12.6. The molecule has 238 valence electrons. The lowest BCUT2D eigenvalue weighted by Gasteiger charge is -2.44. The van der Waals surface area contributed by atoms with Gasteiger partial charge in [0.05, 0.1) is 29.4 Å². The van der Waals surface area contributed by atoms with Crippen LogP contribution in [0.1, 0.15) is 78.1 Å². The smallest absolute Gasteiger partial charge is 0.416 e. The number of fused-ring (bicyclic) bond motifs is 1. The summed E-state index contributed by atoms with van der Waals surface area (Å²) in [4.78, 5) is 30.0. The van der Waals surface area contributed by atoms with Crippen LogP contribution in [-0.4, -0.2) is 58.1 Å². The molecule has 1 fully saturated rings. The highest BCUT2D eigenvalue weighted by Crippen LogP contribution is 2.40. The van der Waals surface area contributed by atoms with Gasteiger partial charge in [-0.3, -0.25) is 19.3 Å². The van der Waals surface area contributed by atoms with Crippen LogP contribution in [-0.2, 0) is 19.6 Å². The van der Waals surface area contributed by atoms with E-state index in [0.717, 1.165) is 49.7 Å². The molecular formula is C34H46N4O5S. The summed E-state index contributed by atoms with van der Waals surface area (Å²) >= 11 is 0. The van der Waals surface area contributed by atoms with E-state index in [-0.39, 0.29) is 23.7 Å². The van der Waals surface area contributed by atoms with Crippen molar-refractivity contribution in [1.29, 1.82) is 0 Å². The number of benzene rings is 2. The number of hydrogen-bond acceptors (Lipinski definition) is 6. The summed E-state index contributed by atoms with van der Waals surface area (Å²) in [7, 11) is -1.86. The molecule has 3 aliphatic rings. The van der Waals surface area contributed by atoms with Gasteiger partial charge in [-0.2, -0.15) is 0 Å². The summed E-state index contributed by atoms with van der Waals surface area (Å²) < 4.78 is 31.4. The molecule has 1 N–H and O–H groups in total. The molecule has 1 aliphatic carbocycles. The second-order valence-corrected chi connectivity index (χ2v) is 14.7. The minimum Gasteiger partial charge on any atom is -0.430 e. The van der Waals surface area contributed by atoms with Crippen molar-refractivity contribution in [2.24, 2.45) is 0 Å². The third kappa shape index (κ3) is 7.12. The van der Waals surface area contributed by atoms with Gasteiger partial charge in [0.25, 0.3) is 0 Å². The first kappa shape index (κ1) is 32.0. The molecule has 1 saturated heterocycles. The summed E-state index contributed by atoms with van der Waals surface area (Å²) in [5, 5.41) is 3.75. The third-order valence-electron chi connectivity index (χ3n) is 9.32. The predicted octanol–water partition coefficient (Wildman–Crippen LogP) is 6.59. The fourth-order valence-electron chi connectivity index (χ4n) is 6.86. The van der Waals surface area contributed by atoms with Crippen molar-refractivity contribution in [3.8, 4) is 11.1 Å². The minimum atomic E-state index is -3.38. The number of amides is 2. The molecule has 1 spiro atoms. The van der Waals surface area contributed by atoms with Crippen LogP contribution in [0.2, 0.25) is 0 Å². The summed E-state index contributed by atoms with van der Waals surface area (Å²) in [5.74, 6) is -0.0902. The van der Waals surface area contributed by atoms with Crippen LogP contribution in [0.4, 0.5) is 21.9 Å². The minimum absolute atomic E-state index is 0.0555. The van der Waals surface area contributed by atoms with Crippen molar-refractivity contribution in [1.82, 2.24) is 5.32 Å². The highest BCUT2D eigenvalue weighted by Gasteiger charge is 2.39. The van der Waals surface area contributed by atoms with Gasteiger partial charge in [-0.1, -0.05) is 49.6 Å². The zero-order chi connectivity index (χ0) is 31.5. The summed E-state index contributed by atoms with van der Waals surface area (Å²) in [6, 6.07) is 12.7. The normalized spacial score (nSPS) is 25.2. The number of hydrogen-bond donors (Lipinski definition) is 1. The highest BCUT2D eigenvalue weighted by atomic mass is 32.2. The molecule has 10 heteroatoms. The van der Waals surface area contributed by atoms with E-state index >= 15 is 0 Å². The fraction of sp³-hybridized carbons (Fsp3) is 0.529. The Morgan fingerprint density at radius 3 is 2.39 bits per heavy atom. The summed E-state index contributed by atoms with van der Waals surface area (Å²) in [6.07, 6.45) is 15.9. The molecule has 2 heterocycles. The van der Waals surface area contributed by atoms with Gasteiger partial charge in [-0.25, -0.2) is 13.2 Å². The lowest BCUT2D eigenvalue weighted by molar-refractivity contribution is -0.117. The van der Waals surface area contributed by atoms with Gasteiger partial charge in [0.1, 0.15) is 0 Å². The molecule has 0 bridgehead atoms. The van der Waals surface area contributed by atoms with Crippen LogP contribution in [0.25, 0.3) is 11.1 Å². The molecule has 2 aromatic rings. The van der Waals surface area contributed by atoms with Gasteiger partial charge < -0.3 is 9.64 Å². The van der Waals surface area contributed by atoms with Gasteiger partial charge in [0.2, 0.25) is 15.9 Å². The average molecular weight is 623 g/mol. The van der Waals surface area contributed by atoms with E-state index in [1.165, 1.54) is 50.2 Å². The Morgan fingerprint density at radius 1 is 0.955 bits per heavy atom. The van der Waals surface area contributed by atoms with Crippen LogP contribution in [0.5, 0.6) is 0 Å². The maximum absolute atomic E-state index is 13.9. The van der Waals surface area contributed by atoms with E-state index in [2.05, 4.69) is 17.5 Å². The van der Waals surface area contributed by atoms with E-state index in [1.807, 2.05) is 37.3 Å². The number of piperidine rings is 1. The molecule has 44 heavy (non-hydrogen) atoms. The maximum atomic E-state index is 13.9. The molecule has 2 amide bonds. The molecule has 9 nitrogen and oxygen atoms in total. The van der Waals surface area contributed by atoms with E-state index in [0.29, 0.717) is 23.6 Å². The van der Waals surface area contributed by atoms with Gasteiger partial charge in [0, 0.05) is 26.1 Å². The Morgan fingerprint density at radius 2 is 1.66 bits per heavy atom. The van der Waals surface area contributed by atoms with E-state index < -0.39 is 16.1 Å². The third-order valence-corrected chi connectivity index (χ3v) is 10.5. The molecule has 2 aromatic carbocycles. The number of nitrogens with zero attached hydrogens (tertiary/aromatic N) is 3. The van der Waals surface area contributed by atoms with Crippen LogP contribution in [0, 0.1) is 0 Å². The number of ether oxygens (including phenoxy) is 1. The first-order valence-electron chi connectivity index (χ1n) is 15.9. The van der Waals surface area contributed by atoms with Crippen molar-refractivity contribution < 1.29 is 22.7 Å². The largest absolute Gasteiger partial charge is 0.430 e. The number of allylic oxidation sites excluding steroid dienone is 1. The first-order chi connectivity index (χ1) is 21.0. The molecular weight excluding hydrogens is 576 g/mol. The van der Waals surface area contributed by atoms with Gasteiger partial charge in [-0.15, -0.1) is 0 Å². The second kappa shape index (κ2) is 13.3. The molecule has 2 aliphatic heterocycles. The average Bonchev–Trinajstić information content (AvgIpc) is 2.99. The van der Waals surface area contributed by atoms with E-state index in [9.17, 15) is 18.0 Å².